The van der Waals surface area contributed by atoms with Gasteiger partial charge in [-0.15, -0.1) is 0 Å². The minimum atomic E-state index is -1.16. The maximum absolute atomic E-state index is 13.6. The zero-order valence-corrected chi connectivity index (χ0v) is 20.2. The van der Waals surface area contributed by atoms with Crippen molar-refractivity contribution in [2.45, 2.75) is 57.8 Å². The van der Waals surface area contributed by atoms with Crippen molar-refractivity contribution >= 4 is 17.9 Å². The number of carbonyl (C=O) groups excluding carboxylic acids is 3. The lowest BCUT2D eigenvalue weighted by atomic mass is 9.81. The Morgan fingerprint density at radius 1 is 0.914 bits per heavy atom. The molecule has 0 N–H and O–H groups in total. The zero-order valence-electron chi connectivity index (χ0n) is 20.2. The maximum atomic E-state index is 13.6. The van der Waals surface area contributed by atoms with Gasteiger partial charge in [0, 0.05) is 11.9 Å². The van der Waals surface area contributed by atoms with E-state index in [0.717, 1.165) is 22.5 Å². The number of piperidine rings is 1. The molecule has 7 heteroatoms. The highest BCUT2D eigenvalue weighted by Crippen LogP contribution is 2.45. The molecule has 3 heterocycles. The van der Waals surface area contributed by atoms with Gasteiger partial charge in [0.25, 0.3) is 0 Å². The predicted molar refractivity (Wildman–Crippen MR) is 130 cm³/mol. The van der Waals surface area contributed by atoms with Crippen LogP contribution < -0.4 is 0 Å². The number of aromatic nitrogens is 1. The fraction of sp³-hybridized carbons (Fsp3) is 0.321. The summed E-state index contributed by atoms with van der Waals surface area (Å²) in [5.74, 6) is -0.616. The molecular formula is C28H29N3O4. The molecule has 2 aromatic carbocycles. The second-order valence-electron chi connectivity index (χ2n) is 10.2. The Kier molecular flexibility index (Phi) is 5.50. The summed E-state index contributed by atoms with van der Waals surface area (Å²) in [4.78, 5) is 43.7. The maximum Gasteiger partial charge on any atom is 0.411 e. The van der Waals surface area contributed by atoms with Crippen LogP contribution in [0.5, 0.6) is 0 Å². The van der Waals surface area contributed by atoms with Gasteiger partial charge in [0.2, 0.25) is 11.8 Å². The summed E-state index contributed by atoms with van der Waals surface area (Å²) in [6, 6.07) is 21.0. The van der Waals surface area contributed by atoms with E-state index in [9.17, 15) is 14.4 Å². The van der Waals surface area contributed by atoms with E-state index in [1.807, 2.05) is 98.3 Å². The van der Waals surface area contributed by atoms with Crippen molar-refractivity contribution in [3.63, 3.8) is 0 Å². The van der Waals surface area contributed by atoms with Crippen LogP contribution in [0.4, 0.5) is 4.79 Å². The normalized spacial score (nSPS) is 17.1. The summed E-state index contributed by atoms with van der Waals surface area (Å²) in [6.07, 6.45) is 1.35. The number of carbonyl (C=O) groups is 3. The van der Waals surface area contributed by atoms with Gasteiger partial charge in [-0.1, -0.05) is 48.5 Å². The Balaban J connectivity index is 1.60. The van der Waals surface area contributed by atoms with E-state index >= 15 is 0 Å². The Bertz CT molecular complexity index is 1270. The fourth-order valence-electron chi connectivity index (χ4n) is 5.07. The van der Waals surface area contributed by atoms with Crippen LogP contribution in [0.1, 0.15) is 50.4 Å². The van der Waals surface area contributed by atoms with Gasteiger partial charge in [0.05, 0.1) is 31.6 Å². The molecule has 3 aromatic rings. The second kappa shape index (κ2) is 8.41. The van der Waals surface area contributed by atoms with Gasteiger partial charge in [0.15, 0.2) is 0 Å². The third-order valence-corrected chi connectivity index (χ3v) is 6.61. The van der Waals surface area contributed by atoms with E-state index in [0.29, 0.717) is 0 Å². The van der Waals surface area contributed by atoms with Crippen LogP contribution in [0.15, 0.2) is 72.9 Å². The number of hydrogen-bond donors (Lipinski definition) is 0. The topological polar surface area (TPSA) is 71.8 Å². The van der Waals surface area contributed by atoms with E-state index in [-0.39, 0.29) is 37.7 Å². The lowest BCUT2D eigenvalue weighted by Crippen LogP contribution is -2.59. The van der Waals surface area contributed by atoms with Gasteiger partial charge in [-0.05, 0) is 50.1 Å². The Morgan fingerprint density at radius 2 is 1.57 bits per heavy atom. The lowest BCUT2D eigenvalue weighted by Gasteiger charge is -2.46. The van der Waals surface area contributed by atoms with Crippen LogP contribution in [0.2, 0.25) is 0 Å². The monoisotopic (exact) mass is 471 g/mol. The number of hydrogen-bond acceptors (Lipinski definition) is 4. The number of amides is 3. The molecule has 0 unspecified atom stereocenters. The molecule has 0 radical (unpaired) electrons. The van der Waals surface area contributed by atoms with E-state index < -0.39 is 17.2 Å². The average Bonchev–Trinajstić information content (AvgIpc) is 3.26. The molecule has 2 aliphatic rings. The van der Waals surface area contributed by atoms with Crippen molar-refractivity contribution in [3.05, 3.63) is 89.7 Å². The highest BCUT2D eigenvalue weighted by Gasteiger charge is 2.53. The number of nitrogens with zero attached hydrogens (tertiary/aromatic N) is 3. The first-order valence-corrected chi connectivity index (χ1v) is 11.8. The van der Waals surface area contributed by atoms with E-state index in [2.05, 4.69) is 0 Å². The summed E-state index contributed by atoms with van der Waals surface area (Å²) in [6.45, 7) is 5.87. The first kappa shape index (κ1) is 22.9. The SMILES string of the molecule is CC(C)(C)OC(=O)N1Cc2ccccc2-n2cccc2C12CC(=O)N(Cc1ccccc1)C(=O)C2. The molecule has 1 aromatic heterocycles. The third kappa shape index (κ3) is 4.11. The zero-order chi connectivity index (χ0) is 24.8. The Labute approximate surface area is 204 Å². The molecule has 180 valence electrons. The van der Waals surface area contributed by atoms with Gasteiger partial charge in [-0.2, -0.15) is 0 Å². The van der Waals surface area contributed by atoms with Crippen molar-refractivity contribution in [2.24, 2.45) is 0 Å². The quantitative estimate of drug-likeness (QED) is 0.505. The fourth-order valence-corrected chi connectivity index (χ4v) is 5.07. The molecule has 0 bridgehead atoms. The summed E-state index contributed by atoms with van der Waals surface area (Å²) in [5, 5.41) is 0. The van der Waals surface area contributed by atoms with Gasteiger partial charge in [0.1, 0.15) is 11.1 Å². The standard InChI is InChI=1S/C28H29N3O4/c1-27(2,3)35-26(34)31-19-21-12-7-8-13-22(21)29-15-9-14-23(29)28(31)16-24(32)30(25(33)17-28)18-20-10-5-4-6-11-20/h4-15H,16-19H2,1-3H3. The van der Waals surface area contributed by atoms with Crippen molar-refractivity contribution in [2.75, 3.05) is 0 Å². The summed E-state index contributed by atoms with van der Waals surface area (Å²) in [5.41, 5.74) is 1.56. The van der Waals surface area contributed by atoms with Crippen molar-refractivity contribution in [3.8, 4) is 5.69 Å². The highest BCUT2D eigenvalue weighted by molar-refractivity contribution is 6.00. The largest absolute Gasteiger partial charge is 0.444 e. The first-order valence-electron chi connectivity index (χ1n) is 11.8. The Morgan fingerprint density at radius 3 is 2.26 bits per heavy atom. The minimum Gasteiger partial charge on any atom is -0.444 e. The molecule has 7 nitrogen and oxygen atoms in total. The summed E-state index contributed by atoms with van der Waals surface area (Å²) >= 11 is 0. The van der Waals surface area contributed by atoms with Crippen LogP contribution in [-0.4, -0.2) is 37.9 Å². The van der Waals surface area contributed by atoms with Crippen LogP contribution in [0.25, 0.3) is 5.69 Å². The molecule has 3 amide bonds. The number of imide groups is 1. The predicted octanol–water partition coefficient (Wildman–Crippen LogP) is 4.77. The smallest absolute Gasteiger partial charge is 0.411 e. The molecule has 35 heavy (non-hydrogen) atoms. The van der Waals surface area contributed by atoms with Crippen LogP contribution >= 0.6 is 0 Å². The van der Waals surface area contributed by atoms with Crippen molar-refractivity contribution < 1.29 is 19.1 Å². The van der Waals surface area contributed by atoms with Crippen LogP contribution in [0, 0.1) is 0 Å². The number of fused-ring (bicyclic) bond motifs is 4. The van der Waals surface area contributed by atoms with Crippen molar-refractivity contribution in [1.82, 2.24) is 14.4 Å². The molecule has 2 aliphatic heterocycles. The number of ether oxygens (including phenoxy) is 1. The van der Waals surface area contributed by atoms with Gasteiger partial charge >= 0.3 is 6.09 Å². The number of rotatable bonds is 2. The number of para-hydroxylation sites is 1. The molecule has 0 aliphatic carbocycles. The van der Waals surface area contributed by atoms with Crippen LogP contribution in [0.3, 0.4) is 0 Å². The van der Waals surface area contributed by atoms with Crippen molar-refractivity contribution in [1.29, 1.82) is 0 Å². The third-order valence-electron chi connectivity index (χ3n) is 6.61. The van der Waals surface area contributed by atoms with E-state index in [4.69, 9.17) is 4.74 Å². The highest BCUT2D eigenvalue weighted by atomic mass is 16.6. The first-order chi connectivity index (χ1) is 16.7. The van der Waals surface area contributed by atoms with Gasteiger partial charge < -0.3 is 9.30 Å². The average molecular weight is 472 g/mol. The molecule has 0 saturated carbocycles. The summed E-state index contributed by atoms with van der Waals surface area (Å²) in [7, 11) is 0. The Hall–Kier alpha value is -3.87. The second-order valence-corrected chi connectivity index (χ2v) is 10.2. The minimum absolute atomic E-state index is 0.0111. The molecule has 1 spiro atoms. The molecule has 1 saturated heterocycles. The molecule has 1 fully saturated rings. The van der Waals surface area contributed by atoms with Gasteiger partial charge in [-0.3, -0.25) is 19.4 Å². The number of likely N-dealkylation sites (tertiary alicyclic amines) is 1. The lowest BCUT2D eigenvalue weighted by molar-refractivity contribution is -0.156. The summed E-state index contributed by atoms with van der Waals surface area (Å²) < 4.78 is 7.79. The van der Waals surface area contributed by atoms with E-state index in [1.165, 1.54) is 4.90 Å². The van der Waals surface area contributed by atoms with Crippen LogP contribution in [-0.2, 0) is 33.0 Å². The molecule has 5 rings (SSSR count). The van der Waals surface area contributed by atoms with Gasteiger partial charge in [-0.25, -0.2) is 4.79 Å². The molecular weight excluding hydrogens is 442 g/mol. The molecule has 0 atom stereocenters. The number of benzene rings is 2. The van der Waals surface area contributed by atoms with E-state index in [1.54, 1.807) is 4.90 Å².